The molecule has 5 rings (SSSR count). The number of hydrogen-bond acceptors (Lipinski definition) is 5. The molecule has 0 aliphatic heterocycles. The van der Waals surface area contributed by atoms with Crippen LogP contribution in [-0.2, 0) is 0 Å². The molecule has 2 heterocycles. The van der Waals surface area contributed by atoms with Gasteiger partial charge in [0.15, 0.2) is 0 Å². The molecule has 2 aromatic heterocycles. The maximum Gasteiger partial charge on any atom is 0.203 e. The summed E-state index contributed by atoms with van der Waals surface area (Å²) in [5, 5.41) is 9.33. The highest BCUT2D eigenvalue weighted by atomic mass is 32.1. The van der Waals surface area contributed by atoms with Crippen LogP contribution in [0.2, 0.25) is 0 Å². The Morgan fingerprint density at radius 3 is 2.63 bits per heavy atom. The van der Waals surface area contributed by atoms with Crippen molar-refractivity contribution in [3.05, 3.63) is 83.7 Å². The fourth-order valence-corrected chi connectivity index (χ4v) is 3.76. The molecule has 0 radical (unpaired) electrons. The minimum absolute atomic E-state index is 0.752. The van der Waals surface area contributed by atoms with Gasteiger partial charge >= 0.3 is 0 Å². The van der Waals surface area contributed by atoms with Crippen molar-refractivity contribution in [1.29, 1.82) is 0 Å². The van der Waals surface area contributed by atoms with Crippen LogP contribution in [0.1, 0.15) is 5.56 Å². The van der Waals surface area contributed by atoms with Crippen LogP contribution in [0.3, 0.4) is 0 Å². The number of nitrogens with zero attached hydrogens (tertiary/aromatic N) is 2. The lowest BCUT2D eigenvalue weighted by atomic mass is 10.1. The number of furan rings is 1. The first kappa shape index (κ1) is 15.8. The lowest BCUT2D eigenvalue weighted by Gasteiger charge is -1.97. The quantitative estimate of drug-likeness (QED) is 0.305. The molecule has 0 amide bonds. The van der Waals surface area contributed by atoms with Gasteiger partial charge in [0.05, 0.1) is 11.9 Å². The van der Waals surface area contributed by atoms with E-state index in [-0.39, 0.29) is 0 Å². The predicted octanol–water partition coefficient (Wildman–Crippen LogP) is 6.16. The Kier molecular flexibility index (Phi) is 3.92. The number of hydrogen-bond donors (Lipinski definition) is 1. The van der Waals surface area contributed by atoms with Crippen molar-refractivity contribution in [1.82, 2.24) is 4.98 Å². The molecule has 0 fully saturated rings. The van der Waals surface area contributed by atoms with E-state index in [2.05, 4.69) is 27.6 Å². The Balaban J connectivity index is 1.41. The topological polar surface area (TPSA) is 50.4 Å². The molecule has 0 spiro atoms. The van der Waals surface area contributed by atoms with Gasteiger partial charge in [-0.25, -0.2) is 4.98 Å². The Morgan fingerprint density at radius 1 is 0.889 bits per heavy atom. The normalized spacial score (nSPS) is 11.6. The molecule has 5 heteroatoms. The van der Waals surface area contributed by atoms with Crippen molar-refractivity contribution in [2.75, 3.05) is 5.43 Å². The number of hydrazone groups is 1. The highest BCUT2D eigenvalue weighted by Gasteiger charge is 2.09. The molecule has 130 valence electrons. The van der Waals surface area contributed by atoms with Gasteiger partial charge in [-0.1, -0.05) is 60.7 Å². The minimum Gasteiger partial charge on any atom is -0.455 e. The van der Waals surface area contributed by atoms with E-state index in [4.69, 9.17) is 4.42 Å². The van der Waals surface area contributed by atoms with Gasteiger partial charge in [-0.15, -0.1) is 11.3 Å². The number of nitrogens with one attached hydrogen (secondary N) is 1. The Bertz CT molecular complexity index is 1250. The monoisotopic (exact) mass is 369 g/mol. The smallest absolute Gasteiger partial charge is 0.203 e. The zero-order valence-corrected chi connectivity index (χ0v) is 15.1. The molecule has 27 heavy (non-hydrogen) atoms. The van der Waals surface area contributed by atoms with Crippen molar-refractivity contribution < 1.29 is 4.42 Å². The molecular formula is C22H15N3OS. The Morgan fingerprint density at radius 2 is 1.70 bits per heavy atom. The zero-order valence-electron chi connectivity index (χ0n) is 14.3. The lowest BCUT2D eigenvalue weighted by molar-refractivity contribution is 0.668. The molecule has 0 saturated heterocycles. The number of aromatic nitrogens is 1. The summed E-state index contributed by atoms with van der Waals surface area (Å²) in [4.78, 5) is 4.58. The number of thiazole rings is 1. The Labute approximate surface area is 159 Å². The zero-order chi connectivity index (χ0) is 18.1. The summed E-state index contributed by atoms with van der Waals surface area (Å²) in [6, 6.07) is 24.2. The molecule has 0 atom stereocenters. The van der Waals surface area contributed by atoms with E-state index in [0.29, 0.717) is 0 Å². The second-order valence-corrected chi connectivity index (χ2v) is 6.95. The molecule has 0 saturated carbocycles. The van der Waals surface area contributed by atoms with E-state index < -0.39 is 0 Å². The molecule has 0 bridgehead atoms. The van der Waals surface area contributed by atoms with Crippen LogP contribution in [0.15, 0.2) is 87.7 Å². The maximum absolute atomic E-state index is 6.02. The molecule has 3 aromatic carbocycles. The fraction of sp³-hybridized carbons (Fsp3) is 0. The summed E-state index contributed by atoms with van der Waals surface area (Å²) < 4.78 is 6.02. The van der Waals surface area contributed by atoms with Crippen molar-refractivity contribution in [2.45, 2.75) is 0 Å². The summed E-state index contributed by atoms with van der Waals surface area (Å²) >= 11 is 1.53. The third kappa shape index (κ3) is 2.98. The van der Waals surface area contributed by atoms with Crippen molar-refractivity contribution in [3.8, 4) is 11.3 Å². The van der Waals surface area contributed by atoms with E-state index in [9.17, 15) is 0 Å². The molecule has 0 aliphatic carbocycles. The summed E-state index contributed by atoms with van der Waals surface area (Å²) in [7, 11) is 0. The second kappa shape index (κ2) is 6.70. The molecule has 5 aromatic rings. The summed E-state index contributed by atoms with van der Waals surface area (Å²) in [5.41, 5.74) is 7.71. The van der Waals surface area contributed by atoms with Crippen LogP contribution in [0.25, 0.3) is 33.2 Å². The highest BCUT2D eigenvalue weighted by molar-refractivity contribution is 7.14. The van der Waals surface area contributed by atoms with E-state index in [1.165, 1.54) is 11.3 Å². The van der Waals surface area contributed by atoms with Gasteiger partial charge in [0.2, 0.25) is 5.13 Å². The number of para-hydroxylation sites is 2. The van der Waals surface area contributed by atoms with Crippen LogP contribution in [0.4, 0.5) is 5.13 Å². The SMILES string of the molecule is C(=NNc1nc(-c2ccccc2)cs1)c1cccc2c1oc1ccccc12. The van der Waals surface area contributed by atoms with Gasteiger partial charge in [0.25, 0.3) is 0 Å². The predicted molar refractivity (Wildman–Crippen MR) is 112 cm³/mol. The lowest BCUT2D eigenvalue weighted by Crippen LogP contribution is -1.90. The van der Waals surface area contributed by atoms with E-state index >= 15 is 0 Å². The van der Waals surface area contributed by atoms with Crippen LogP contribution >= 0.6 is 11.3 Å². The summed E-state index contributed by atoms with van der Waals surface area (Å²) in [5.74, 6) is 0. The third-order valence-electron chi connectivity index (χ3n) is 4.37. The average Bonchev–Trinajstić information content (AvgIpc) is 3.34. The molecular weight excluding hydrogens is 354 g/mol. The number of anilines is 1. The van der Waals surface area contributed by atoms with Gasteiger partial charge in [-0.2, -0.15) is 5.10 Å². The van der Waals surface area contributed by atoms with Crippen LogP contribution in [0.5, 0.6) is 0 Å². The molecule has 1 N–H and O–H groups in total. The van der Waals surface area contributed by atoms with Gasteiger partial charge < -0.3 is 4.42 Å². The van der Waals surface area contributed by atoms with Gasteiger partial charge in [-0.05, 0) is 12.1 Å². The summed E-state index contributed by atoms with van der Waals surface area (Å²) in [6.07, 6.45) is 1.77. The van der Waals surface area contributed by atoms with Crippen molar-refractivity contribution in [2.24, 2.45) is 5.10 Å². The maximum atomic E-state index is 6.02. The second-order valence-electron chi connectivity index (χ2n) is 6.10. The Hall–Kier alpha value is -3.44. The van der Waals surface area contributed by atoms with E-state index in [1.807, 2.05) is 66.0 Å². The van der Waals surface area contributed by atoms with Crippen molar-refractivity contribution >= 4 is 44.6 Å². The first-order chi connectivity index (χ1) is 13.4. The van der Waals surface area contributed by atoms with Gasteiger partial charge in [0.1, 0.15) is 11.2 Å². The number of fused-ring (bicyclic) bond motifs is 3. The van der Waals surface area contributed by atoms with Crippen LogP contribution < -0.4 is 5.43 Å². The largest absolute Gasteiger partial charge is 0.455 e. The van der Waals surface area contributed by atoms with Crippen LogP contribution in [0, 0.1) is 0 Å². The average molecular weight is 369 g/mol. The molecule has 0 aliphatic rings. The first-order valence-electron chi connectivity index (χ1n) is 8.59. The van der Waals surface area contributed by atoms with Gasteiger partial charge in [0, 0.05) is 27.3 Å². The third-order valence-corrected chi connectivity index (χ3v) is 5.12. The molecule has 4 nitrogen and oxygen atoms in total. The highest BCUT2D eigenvalue weighted by Crippen LogP contribution is 2.30. The first-order valence-corrected chi connectivity index (χ1v) is 9.47. The van der Waals surface area contributed by atoms with Crippen molar-refractivity contribution in [3.63, 3.8) is 0 Å². The standard InChI is InChI=1S/C22H15N3OS/c1-2-7-15(8-3-1)19-14-27-22(24-19)25-23-13-16-9-6-11-18-17-10-4-5-12-20(17)26-21(16)18/h1-14H,(H,24,25). The van der Waals surface area contributed by atoms with E-state index in [0.717, 1.165) is 43.9 Å². The van der Waals surface area contributed by atoms with E-state index in [1.54, 1.807) is 6.21 Å². The minimum atomic E-state index is 0.752. The van der Waals surface area contributed by atoms with Crippen LogP contribution in [-0.4, -0.2) is 11.2 Å². The number of rotatable bonds is 4. The summed E-state index contributed by atoms with van der Waals surface area (Å²) in [6.45, 7) is 0. The fourth-order valence-electron chi connectivity index (χ4n) is 3.09. The number of benzene rings is 3. The molecule has 0 unspecified atom stereocenters. The van der Waals surface area contributed by atoms with Gasteiger partial charge in [-0.3, -0.25) is 5.43 Å².